The van der Waals surface area contributed by atoms with Crippen LogP contribution in [0.5, 0.6) is 0 Å². The molecule has 0 bridgehead atoms. The van der Waals surface area contributed by atoms with Crippen molar-refractivity contribution in [1.82, 2.24) is 6.15 Å². The van der Waals surface area contributed by atoms with Crippen molar-refractivity contribution < 1.29 is 4.79 Å². The highest BCUT2D eigenvalue weighted by Crippen LogP contribution is 0.868. The van der Waals surface area contributed by atoms with Gasteiger partial charge in [0.25, 0.3) is 0 Å². The molecule has 0 aliphatic carbocycles. The standard InChI is InChI=1S/CHNO.N/c2-1-3;/h2H;. The molecule has 0 aliphatic rings. The largest absolute Gasteiger partial charge is 0.231 e. The number of carbonyl (C=O) groups excluding carboxylic acids is 1. The molecule has 4 heavy (non-hydrogen) atoms. The SMILES string of the molecule is N=C=O.[N]. The Hall–Kier alpha value is -0.660. The molecule has 0 heterocycles. The van der Waals surface area contributed by atoms with Crippen LogP contribution in [-0.2, 0) is 4.79 Å². The van der Waals surface area contributed by atoms with Crippen LogP contribution in [0.25, 0.3) is 0 Å². The Morgan fingerprint density at radius 1 is 1.75 bits per heavy atom. The lowest BCUT2D eigenvalue weighted by Gasteiger charge is -1.02. The minimum absolute atomic E-state index is 0. The molecule has 3 heteroatoms. The summed E-state index contributed by atoms with van der Waals surface area (Å²) in [5.41, 5.74) is 0. The molecule has 0 aromatic carbocycles. The number of nitrogens with one attached hydrogen (secondary N) is 1. The van der Waals surface area contributed by atoms with E-state index in [1.165, 1.54) is 0 Å². The Balaban J connectivity index is 0. The zero-order valence-corrected chi connectivity index (χ0v) is 1.86. The van der Waals surface area contributed by atoms with Crippen molar-refractivity contribution in [3.05, 3.63) is 0 Å². The fourth-order valence-corrected chi connectivity index (χ4v) is 0. The molecule has 0 unspecified atom stereocenters. The summed E-state index contributed by atoms with van der Waals surface area (Å²) in [5.74, 6) is 0. The van der Waals surface area contributed by atoms with E-state index in [0.29, 0.717) is 0 Å². The highest BCUT2D eigenvalue weighted by atomic mass is 16.1. The molecule has 1 N–H and O–H groups in total. The van der Waals surface area contributed by atoms with Crippen LogP contribution in [-0.4, -0.2) is 6.08 Å². The van der Waals surface area contributed by atoms with Crippen molar-refractivity contribution in [2.24, 2.45) is 0 Å². The van der Waals surface area contributed by atoms with Crippen molar-refractivity contribution in [3.63, 3.8) is 0 Å². The van der Waals surface area contributed by atoms with Crippen molar-refractivity contribution in [2.45, 2.75) is 0 Å². The first-order chi connectivity index (χ1) is 1.41. The molecule has 3 radical (unpaired) electrons. The quantitative estimate of drug-likeness (QED) is 0.293. The molecule has 0 atom stereocenters. The summed E-state index contributed by atoms with van der Waals surface area (Å²) in [4.78, 5) is 8.35. The van der Waals surface area contributed by atoms with Crippen LogP contribution in [0.15, 0.2) is 0 Å². The Labute approximate surface area is 23.7 Å². The lowest BCUT2D eigenvalue weighted by Crippen LogP contribution is -1.16. The maximum Gasteiger partial charge on any atom is 0.231 e. The van der Waals surface area contributed by atoms with Crippen molar-refractivity contribution >= 4 is 6.08 Å². The second kappa shape index (κ2) is 36.3. The second-order valence-electron chi connectivity index (χ2n) is 0.102. The van der Waals surface area contributed by atoms with Gasteiger partial charge in [-0.3, -0.25) is 0 Å². The normalized spacial score (nSPS) is 2.00. The van der Waals surface area contributed by atoms with Crippen LogP contribution >= 0.6 is 0 Å². The van der Waals surface area contributed by atoms with E-state index in [0.717, 1.165) is 6.08 Å². The van der Waals surface area contributed by atoms with Crippen LogP contribution in [0.4, 0.5) is 0 Å². The van der Waals surface area contributed by atoms with Gasteiger partial charge in [0.15, 0.2) is 0 Å². The van der Waals surface area contributed by atoms with Gasteiger partial charge in [0.2, 0.25) is 6.08 Å². The van der Waals surface area contributed by atoms with Gasteiger partial charge in [-0.1, -0.05) is 0 Å². The first-order valence-corrected chi connectivity index (χ1v) is 0.454. The number of isocyanates is 1. The van der Waals surface area contributed by atoms with Gasteiger partial charge in [-0.05, 0) is 0 Å². The molecule has 0 aromatic rings. The highest BCUT2D eigenvalue weighted by Gasteiger charge is 1.03. The maximum absolute atomic E-state index is 8.35. The highest BCUT2D eigenvalue weighted by molar-refractivity contribution is 5.26. The summed E-state index contributed by atoms with van der Waals surface area (Å²) < 4.78 is 0. The lowest BCUT2D eigenvalue weighted by molar-refractivity contribution is 0.563. The van der Waals surface area contributed by atoms with Gasteiger partial charge in [-0.15, -0.1) is 0 Å². The van der Waals surface area contributed by atoms with Crippen LogP contribution in [0.2, 0.25) is 0 Å². The molecule has 0 amide bonds. The summed E-state index contributed by atoms with van der Waals surface area (Å²) in [6.45, 7) is 0. The Bertz CT molecular complexity index is 27.0. The van der Waals surface area contributed by atoms with Gasteiger partial charge < -0.3 is 0 Å². The number of nitrogens with zero attached hydrogens (tertiary/aromatic N) is 1. The van der Waals surface area contributed by atoms with Gasteiger partial charge >= 0.3 is 0 Å². The van der Waals surface area contributed by atoms with E-state index in [9.17, 15) is 0 Å². The topological polar surface area (TPSA) is 71.4 Å². The zero-order chi connectivity index (χ0) is 2.71. The smallest absolute Gasteiger partial charge is 0.222 e. The van der Waals surface area contributed by atoms with E-state index in [2.05, 4.69) is 0 Å². The van der Waals surface area contributed by atoms with Gasteiger partial charge in [0.1, 0.15) is 0 Å². The number of hydrogen-bond donors (Lipinski definition) is 1. The molecule has 0 saturated heterocycles. The first-order valence-electron chi connectivity index (χ1n) is 0.454. The monoisotopic (exact) mass is 57.0 g/mol. The summed E-state index contributed by atoms with van der Waals surface area (Å²) in [6, 6.07) is 0. The Kier molecular flexibility index (Phi) is 92.5. The number of hydrogen-bond acceptors (Lipinski definition) is 2. The van der Waals surface area contributed by atoms with Crippen LogP contribution in [0.3, 0.4) is 0 Å². The fraction of sp³-hybridized carbons (Fsp3) is 0. The van der Waals surface area contributed by atoms with Crippen LogP contribution in [0.1, 0.15) is 0 Å². The van der Waals surface area contributed by atoms with E-state index in [1.807, 2.05) is 0 Å². The lowest BCUT2D eigenvalue weighted by atomic mass is 11.7. The minimum Gasteiger partial charge on any atom is -0.222 e. The predicted octanol–water partition coefficient (Wildman–Crippen LogP) is -0.580. The second-order valence-corrected chi connectivity index (χ2v) is 0.102. The van der Waals surface area contributed by atoms with E-state index < -0.39 is 0 Å². The molecule has 0 saturated carbocycles. The summed E-state index contributed by atoms with van der Waals surface area (Å²) in [5, 5.41) is 5.40. The average Bonchev–Trinajstić information content (AvgIpc) is 0.918. The van der Waals surface area contributed by atoms with Gasteiger partial charge in [0.05, 0.1) is 0 Å². The third kappa shape index (κ3) is 0.356. The van der Waals surface area contributed by atoms with Gasteiger partial charge in [-0.2, -0.15) is 0 Å². The summed E-state index contributed by atoms with van der Waals surface area (Å²) in [6.07, 6.45) is 0.750. The molecular weight excluding hydrogens is 56.0 g/mol. The third-order valence-corrected chi connectivity index (χ3v) is 0. The zero-order valence-electron chi connectivity index (χ0n) is 1.86. The minimum atomic E-state index is 0. The van der Waals surface area contributed by atoms with E-state index in [-0.39, 0.29) is 6.15 Å². The molecule has 0 spiro atoms. The van der Waals surface area contributed by atoms with Crippen molar-refractivity contribution in [1.29, 1.82) is 5.41 Å². The predicted molar refractivity (Wildman–Crippen MR) is 10.5 cm³/mol. The molecule has 0 aromatic heterocycles. The van der Waals surface area contributed by atoms with Crippen LogP contribution < -0.4 is 6.15 Å². The van der Waals surface area contributed by atoms with E-state index >= 15 is 0 Å². The first kappa shape index (κ1) is 10.2. The molecule has 0 aliphatic heterocycles. The summed E-state index contributed by atoms with van der Waals surface area (Å²) >= 11 is 0. The Morgan fingerprint density at radius 2 is 1.75 bits per heavy atom. The Morgan fingerprint density at radius 3 is 1.75 bits per heavy atom. The fourth-order valence-electron chi connectivity index (χ4n) is 0. The molecular formula is CHN2O. The van der Waals surface area contributed by atoms with Crippen molar-refractivity contribution in [2.75, 3.05) is 0 Å². The van der Waals surface area contributed by atoms with Gasteiger partial charge in [-0.25, -0.2) is 10.2 Å². The number of rotatable bonds is 0. The molecule has 21 valence electrons. The van der Waals surface area contributed by atoms with Crippen molar-refractivity contribution in [3.8, 4) is 0 Å². The van der Waals surface area contributed by atoms with E-state index in [4.69, 9.17) is 10.2 Å². The molecule has 3 nitrogen and oxygen atoms in total. The third-order valence-electron chi connectivity index (χ3n) is 0. The average molecular weight is 57.0 g/mol. The molecule has 0 rings (SSSR count). The summed E-state index contributed by atoms with van der Waals surface area (Å²) in [7, 11) is 0. The van der Waals surface area contributed by atoms with Crippen LogP contribution in [0, 0.1) is 5.41 Å². The maximum atomic E-state index is 8.35. The molecule has 0 fully saturated rings. The van der Waals surface area contributed by atoms with Gasteiger partial charge in [0, 0.05) is 6.15 Å². The van der Waals surface area contributed by atoms with E-state index in [1.54, 1.807) is 0 Å².